The number of hydrogen-bond donors (Lipinski definition) is 2. The van der Waals surface area contributed by atoms with Crippen molar-refractivity contribution in [2.45, 2.75) is 0 Å². The molecule has 5 heteroatoms. The summed E-state index contributed by atoms with van der Waals surface area (Å²) in [7, 11) is 1.43. The van der Waals surface area contributed by atoms with Crippen LogP contribution in [0.25, 0.3) is 6.08 Å². The number of rotatable bonds is 5. The molecule has 0 aromatic heterocycles. The summed E-state index contributed by atoms with van der Waals surface area (Å²) in [6, 6.07) is 10.8. The summed E-state index contributed by atoms with van der Waals surface area (Å²) < 4.78 is 4.98. The number of hydrogen-bond acceptors (Lipinski definition) is 4. The van der Waals surface area contributed by atoms with E-state index < -0.39 is 11.8 Å². The zero-order chi connectivity index (χ0) is 16.1. The molecule has 0 heterocycles. The minimum atomic E-state index is -1.17. The molecule has 0 saturated heterocycles. The third kappa shape index (κ3) is 3.15. The summed E-state index contributed by atoms with van der Waals surface area (Å²) in [4.78, 5) is 23.3. The molecule has 112 valence electrons. The maximum Gasteiger partial charge on any atom is 0.336 e. The first-order valence-electron chi connectivity index (χ1n) is 6.45. The SMILES string of the molecule is COc1cccc(C=CC(=O)c2ccccc2C(=O)O)c1O. The maximum atomic E-state index is 12.1. The van der Waals surface area contributed by atoms with Crippen LogP contribution < -0.4 is 4.74 Å². The van der Waals surface area contributed by atoms with Crippen LogP contribution in [0.5, 0.6) is 11.5 Å². The number of carboxylic acids is 1. The molecule has 2 N–H and O–H groups in total. The fourth-order valence-electron chi connectivity index (χ4n) is 1.98. The number of phenolic OH excluding ortho intramolecular Hbond substituents is 1. The second kappa shape index (κ2) is 6.58. The third-order valence-electron chi connectivity index (χ3n) is 3.09. The fraction of sp³-hybridized carbons (Fsp3) is 0.0588. The van der Waals surface area contributed by atoms with Crippen LogP contribution in [0.1, 0.15) is 26.3 Å². The molecule has 0 radical (unpaired) electrons. The van der Waals surface area contributed by atoms with Gasteiger partial charge in [0.15, 0.2) is 17.3 Å². The van der Waals surface area contributed by atoms with Crippen LogP contribution in [0.4, 0.5) is 0 Å². The van der Waals surface area contributed by atoms with Crippen LogP contribution in [0, 0.1) is 0 Å². The lowest BCUT2D eigenvalue weighted by molar-refractivity contribution is 0.0693. The molecule has 0 fully saturated rings. The van der Waals surface area contributed by atoms with Crippen molar-refractivity contribution in [3.63, 3.8) is 0 Å². The van der Waals surface area contributed by atoms with E-state index in [-0.39, 0.29) is 16.9 Å². The summed E-state index contributed by atoms with van der Waals surface area (Å²) in [6.45, 7) is 0. The summed E-state index contributed by atoms with van der Waals surface area (Å²) in [5.41, 5.74) is 0.432. The van der Waals surface area contributed by atoms with E-state index in [2.05, 4.69) is 0 Å². The number of carboxylic acid groups (broad SMARTS) is 1. The molecule has 0 amide bonds. The van der Waals surface area contributed by atoms with Crippen molar-refractivity contribution >= 4 is 17.8 Å². The van der Waals surface area contributed by atoms with Gasteiger partial charge in [-0.3, -0.25) is 4.79 Å². The Morgan fingerprint density at radius 2 is 1.73 bits per heavy atom. The van der Waals surface area contributed by atoms with Gasteiger partial charge in [0.05, 0.1) is 12.7 Å². The van der Waals surface area contributed by atoms with E-state index in [1.54, 1.807) is 30.3 Å². The molecule has 5 nitrogen and oxygen atoms in total. The van der Waals surface area contributed by atoms with Gasteiger partial charge < -0.3 is 14.9 Å². The van der Waals surface area contributed by atoms with Crippen molar-refractivity contribution in [1.82, 2.24) is 0 Å². The van der Waals surface area contributed by atoms with Crippen molar-refractivity contribution in [2.24, 2.45) is 0 Å². The quantitative estimate of drug-likeness (QED) is 0.655. The lowest BCUT2D eigenvalue weighted by Crippen LogP contribution is -2.06. The molecule has 0 aliphatic heterocycles. The zero-order valence-corrected chi connectivity index (χ0v) is 11.8. The van der Waals surface area contributed by atoms with Crippen LogP contribution in [-0.4, -0.2) is 29.1 Å². The topological polar surface area (TPSA) is 83.8 Å². The predicted octanol–water partition coefficient (Wildman–Crippen LogP) is 3.00. The van der Waals surface area contributed by atoms with Crippen molar-refractivity contribution in [1.29, 1.82) is 0 Å². The van der Waals surface area contributed by atoms with Gasteiger partial charge >= 0.3 is 5.97 Å². The lowest BCUT2D eigenvalue weighted by Gasteiger charge is -2.05. The van der Waals surface area contributed by atoms with Crippen LogP contribution in [0.2, 0.25) is 0 Å². The highest BCUT2D eigenvalue weighted by atomic mass is 16.5. The second-order valence-corrected chi connectivity index (χ2v) is 4.45. The Bertz CT molecular complexity index is 746. The van der Waals surface area contributed by atoms with Crippen molar-refractivity contribution in [3.8, 4) is 11.5 Å². The molecule has 0 atom stereocenters. The summed E-state index contributed by atoms with van der Waals surface area (Å²) in [5.74, 6) is -1.41. The Hall–Kier alpha value is -3.08. The Morgan fingerprint density at radius 1 is 1.05 bits per heavy atom. The number of carbonyl (C=O) groups excluding carboxylic acids is 1. The van der Waals surface area contributed by atoms with Gasteiger partial charge in [-0.1, -0.05) is 30.3 Å². The number of para-hydroxylation sites is 1. The number of aromatic hydroxyl groups is 1. The molecule has 0 aliphatic carbocycles. The van der Waals surface area contributed by atoms with Crippen LogP contribution in [0.15, 0.2) is 48.5 Å². The Labute approximate surface area is 127 Å². The number of ketones is 1. The largest absolute Gasteiger partial charge is 0.504 e. The summed E-state index contributed by atoms with van der Waals surface area (Å²) in [5, 5.41) is 19.0. The molecule has 0 bridgehead atoms. The molecule has 0 saturated carbocycles. The standard InChI is InChI=1S/C17H14O5/c1-22-15-8-4-5-11(16(15)19)9-10-14(18)12-6-2-3-7-13(12)17(20)21/h2-10,19H,1H3,(H,20,21). The van der Waals surface area contributed by atoms with Gasteiger partial charge in [-0.15, -0.1) is 0 Å². The van der Waals surface area contributed by atoms with E-state index in [9.17, 15) is 14.7 Å². The van der Waals surface area contributed by atoms with Gasteiger partial charge in [0.1, 0.15) is 0 Å². The van der Waals surface area contributed by atoms with E-state index >= 15 is 0 Å². The van der Waals surface area contributed by atoms with Crippen LogP contribution in [-0.2, 0) is 0 Å². The molecule has 2 aromatic rings. The summed E-state index contributed by atoms with van der Waals surface area (Å²) >= 11 is 0. The number of benzene rings is 2. The molecule has 0 aliphatic rings. The van der Waals surface area contributed by atoms with Gasteiger partial charge in [0.2, 0.25) is 0 Å². The summed E-state index contributed by atoms with van der Waals surface area (Å²) in [6.07, 6.45) is 2.63. The number of phenols is 1. The molecule has 2 rings (SSSR count). The van der Waals surface area contributed by atoms with Crippen molar-refractivity contribution < 1.29 is 24.5 Å². The smallest absolute Gasteiger partial charge is 0.336 e. The molecular weight excluding hydrogens is 284 g/mol. The number of aromatic carboxylic acids is 1. The zero-order valence-electron chi connectivity index (χ0n) is 11.8. The monoisotopic (exact) mass is 298 g/mol. The molecular formula is C17H14O5. The van der Waals surface area contributed by atoms with Crippen LogP contribution in [0.3, 0.4) is 0 Å². The first-order valence-corrected chi connectivity index (χ1v) is 6.45. The van der Waals surface area contributed by atoms with Gasteiger partial charge in [0, 0.05) is 11.1 Å². The van der Waals surface area contributed by atoms with E-state index in [1.807, 2.05) is 0 Å². The highest BCUT2D eigenvalue weighted by Gasteiger charge is 2.13. The fourth-order valence-corrected chi connectivity index (χ4v) is 1.98. The first kappa shape index (κ1) is 15.3. The Balaban J connectivity index is 2.32. The average molecular weight is 298 g/mol. The minimum Gasteiger partial charge on any atom is -0.504 e. The number of allylic oxidation sites excluding steroid dienone is 1. The maximum absolute atomic E-state index is 12.1. The Morgan fingerprint density at radius 3 is 2.36 bits per heavy atom. The first-order chi connectivity index (χ1) is 10.5. The van der Waals surface area contributed by atoms with Crippen molar-refractivity contribution in [2.75, 3.05) is 7.11 Å². The van der Waals surface area contributed by atoms with Gasteiger partial charge in [-0.25, -0.2) is 4.79 Å². The third-order valence-corrected chi connectivity index (χ3v) is 3.09. The van der Waals surface area contributed by atoms with E-state index in [4.69, 9.17) is 9.84 Å². The molecule has 2 aromatic carbocycles. The van der Waals surface area contributed by atoms with Gasteiger partial charge in [-0.2, -0.15) is 0 Å². The Kier molecular flexibility index (Phi) is 4.58. The highest BCUT2D eigenvalue weighted by Crippen LogP contribution is 2.30. The molecule has 0 spiro atoms. The van der Waals surface area contributed by atoms with E-state index in [0.717, 1.165) is 0 Å². The normalized spacial score (nSPS) is 10.6. The number of ether oxygens (including phenoxy) is 1. The molecule has 0 unspecified atom stereocenters. The predicted molar refractivity (Wildman–Crippen MR) is 81.4 cm³/mol. The van der Waals surface area contributed by atoms with E-state index in [0.29, 0.717) is 11.3 Å². The van der Waals surface area contributed by atoms with E-state index in [1.165, 1.54) is 31.4 Å². The van der Waals surface area contributed by atoms with Gasteiger partial charge in [-0.05, 0) is 24.3 Å². The van der Waals surface area contributed by atoms with Crippen molar-refractivity contribution in [3.05, 3.63) is 65.2 Å². The second-order valence-electron chi connectivity index (χ2n) is 4.45. The highest BCUT2D eigenvalue weighted by molar-refractivity contribution is 6.12. The number of methoxy groups -OCH3 is 1. The lowest BCUT2D eigenvalue weighted by atomic mass is 10.0. The van der Waals surface area contributed by atoms with Crippen LogP contribution >= 0.6 is 0 Å². The minimum absolute atomic E-state index is 0.0629. The number of carbonyl (C=O) groups is 2. The molecule has 22 heavy (non-hydrogen) atoms. The van der Waals surface area contributed by atoms with Gasteiger partial charge in [0.25, 0.3) is 0 Å². The average Bonchev–Trinajstić information content (AvgIpc) is 2.53.